The molecule has 2 aromatic rings. The van der Waals surface area contributed by atoms with E-state index in [4.69, 9.17) is 0 Å². The van der Waals surface area contributed by atoms with Crippen molar-refractivity contribution >= 4 is 34.9 Å². The van der Waals surface area contributed by atoms with Gasteiger partial charge in [0.25, 0.3) is 5.91 Å². The molecule has 1 saturated heterocycles. The molecular weight excluding hydrogens is 320 g/mol. The first-order chi connectivity index (χ1) is 12.0. The Bertz CT molecular complexity index is 790. The van der Waals surface area contributed by atoms with Crippen LogP contribution in [-0.4, -0.2) is 47.8 Å². The van der Waals surface area contributed by atoms with E-state index >= 15 is 0 Å². The summed E-state index contributed by atoms with van der Waals surface area (Å²) in [7, 11) is 1.52. The number of rotatable bonds is 5. The number of hydrogen-bond donors (Lipinski definition) is 2. The van der Waals surface area contributed by atoms with Gasteiger partial charge >= 0.3 is 6.03 Å². The van der Waals surface area contributed by atoms with E-state index in [0.29, 0.717) is 5.69 Å². The molecule has 128 valence electrons. The summed E-state index contributed by atoms with van der Waals surface area (Å²) < 4.78 is 0. The molecule has 0 radical (unpaired) electrons. The molecule has 0 saturated carbocycles. The predicted molar refractivity (Wildman–Crippen MR) is 94.5 cm³/mol. The number of para-hydroxylation sites is 1. The third-order valence-corrected chi connectivity index (χ3v) is 3.76. The molecule has 1 aliphatic heterocycles. The van der Waals surface area contributed by atoms with Crippen LogP contribution in [0.15, 0.2) is 54.6 Å². The van der Waals surface area contributed by atoms with E-state index < -0.39 is 11.9 Å². The summed E-state index contributed by atoms with van der Waals surface area (Å²) in [4.78, 5) is 37.7. The van der Waals surface area contributed by atoms with Crippen LogP contribution in [-0.2, 0) is 9.59 Å². The Balaban J connectivity index is 1.57. The van der Waals surface area contributed by atoms with Gasteiger partial charge in [-0.1, -0.05) is 18.2 Å². The number of anilines is 3. The highest BCUT2D eigenvalue weighted by atomic mass is 16.2. The van der Waals surface area contributed by atoms with Gasteiger partial charge in [0.15, 0.2) is 0 Å². The Hall–Kier alpha value is -3.35. The van der Waals surface area contributed by atoms with Crippen molar-refractivity contribution in [1.29, 1.82) is 0 Å². The van der Waals surface area contributed by atoms with Crippen LogP contribution >= 0.6 is 0 Å². The van der Waals surface area contributed by atoms with Crippen LogP contribution in [0.5, 0.6) is 0 Å². The summed E-state index contributed by atoms with van der Waals surface area (Å²) >= 11 is 0. The molecule has 0 spiro atoms. The monoisotopic (exact) mass is 338 g/mol. The Morgan fingerprint density at radius 1 is 0.960 bits per heavy atom. The number of urea groups is 1. The number of amides is 4. The van der Waals surface area contributed by atoms with E-state index in [1.165, 1.54) is 11.9 Å². The summed E-state index contributed by atoms with van der Waals surface area (Å²) in [6, 6.07) is 16.5. The molecule has 3 rings (SSSR count). The molecule has 7 nitrogen and oxygen atoms in total. The maximum absolute atomic E-state index is 12.1. The van der Waals surface area contributed by atoms with Gasteiger partial charge < -0.3 is 15.5 Å². The lowest BCUT2D eigenvalue weighted by molar-refractivity contribution is -0.129. The second kappa shape index (κ2) is 7.04. The van der Waals surface area contributed by atoms with E-state index in [2.05, 4.69) is 10.6 Å². The zero-order valence-electron chi connectivity index (χ0n) is 13.7. The van der Waals surface area contributed by atoms with Crippen molar-refractivity contribution in [2.75, 3.05) is 30.8 Å². The number of nitrogens with one attached hydrogen (secondary N) is 2. The highest BCUT2D eigenvalue weighted by molar-refractivity contribution is 6.06. The number of benzene rings is 2. The van der Waals surface area contributed by atoms with Crippen LogP contribution in [0.2, 0.25) is 0 Å². The summed E-state index contributed by atoms with van der Waals surface area (Å²) in [5.41, 5.74) is 2.45. The van der Waals surface area contributed by atoms with Crippen LogP contribution in [0.1, 0.15) is 0 Å². The maximum Gasteiger partial charge on any atom is 0.327 e. The number of imide groups is 1. The lowest BCUT2D eigenvalue weighted by Gasteiger charge is -2.14. The fourth-order valence-electron chi connectivity index (χ4n) is 2.49. The lowest BCUT2D eigenvalue weighted by atomic mass is 10.2. The summed E-state index contributed by atoms with van der Waals surface area (Å²) in [6.07, 6.45) is 0. The van der Waals surface area contributed by atoms with Crippen LogP contribution in [0, 0.1) is 0 Å². The third kappa shape index (κ3) is 3.95. The van der Waals surface area contributed by atoms with Gasteiger partial charge in [0.1, 0.15) is 13.1 Å². The Kier molecular flexibility index (Phi) is 4.65. The van der Waals surface area contributed by atoms with Crippen molar-refractivity contribution in [3.8, 4) is 0 Å². The highest BCUT2D eigenvalue weighted by Crippen LogP contribution is 2.18. The van der Waals surface area contributed by atoms with E-state index in [1.54, 1.807) is 12.1 Å². The second-order valence-corrected chi connectivity index (χ2v) is 5.74. The van der Waals surface area contributed by atoms with Crippen molar-refractivity contribution < 1.29 is 14.4 Å². The van der Waals surface area contributed by atoms with Crippen LogP contribution in [0.3, 0.4) is 0 Å². The minimum Gasteiger partial charge on any atom is -0.356 e. The predicted octanol–water partition coefficient (Wildman–Crippen LogP) is 2.26. The fourth-order valence-corrected chi connectivity index (χ4v) is 2.49. The zero-order chi connectivity index (χ0) is 17.8. The van der Waals surface area contributed by atoms with E-state index in [9.17, 15) is 14.4 Å². The molecule has 2 N–H and O–H groups in total. The molecule has 0 atom stereocenters. The largest absolute Gasteiger partial charge is 0.356 e. The first kappa shape index (κ1) is 16.5. The molecule has 0 aliphatic carbocycles. The molecule has 4 amide bonds. The van der Waals surface area contributed by atoms with Crippen LogP contribution < -0.4 is 10.6 Å². The Morgan fingerprint density at radius 2 is 1.56 bits per heavy atom. The third-order valence-electron chi connectivity index (χ3n) is 3.76. The Morgan fingerprint density at radius 3 is 2.16 bits per heavy atom. The number of hydrogen-bond acceptors (Lipinski definition) is 4. The van der Waals surface area contributed by atoms with E-state index in [-0.39, 0.29) is 19.0 Å². The number of nitrogens with zero attached hydrogens (tertiary/aromatic N) is 2. The molecule has 0 bridgehead atoms. The molecule has 1 fully saturated rings. The van der Waals surface area contributed by atoms with E-state index in [1.807, 2.05) is 42.5 Å². The second-order valence-electron chi connectivity index (χ2n) is 5.74. The standard InChI is InChI=1S/C18H18N4O3/c1-21-12-17(24)22(18(21)25)11-16(23)20-15-9-7-14(8-10-15)19-13-5-3-2-4-6-13/h2-10,19H,11-12H2,1H3,(H,20,23). The lowest BCUT2D eigenvalue weighted by Crippen LogP contribution is -2.38. The molecular formula is C18H18N4O3. The molecule has 0 unspecified atom stereocenters. The molecule has 1 aliphatic rings. The summed E-state index contributed by atoms with van der Waals surface area (Å²) in [5, 5.41) is 5.93. The average Bonchev–Trinajstić information content (AvgIpc) is 2.84. The SMILES string of the molecule is CN1CC(=O)N(CC(=O)Nc2ccc(Nc3ccccc3)cc2)C1=O. The van der Waals surface area contributed by atoms with Crippen molar-refractivity contribution in [2.45, 2.75) is 0 Å². The molecule has 2 aromatic carbocycles. The van der Waals surface area contributed by atoms with Gasteiger partial charge in [-0.05, 0) is 36.4 Å². The topological polar surface area (TPSA) is 81.8 Å². The minimum atomic E-state index is -0.456. The van der Waals surface area contributed by atoms with Gasteiger partial charge in [0.2, 0.25) is 5.91 Å². The van der Waals surface area contributed by atoms with Crippen LogP contribution in [0.4, 0.5) is 21.9 Å². The van der Waals surface area contributed by atoms with Gasteiger partial charge in [-0.25, -0.2) is 4.79 Å². The normalized spacial score (nSPS) is 14.0. The smallest absolute Gasteiger partial charge is 0.327 e. The molecule has 25 heavy (non-hydrogen) atoms. The molecule has 7 heteroatoms. The van der Waals surface area contributed by atoms with Gasteiger partial charge in [-0.2, -0.15) is 0 Å². The van der Waals surface area contributed by atoms with Gasteiger partial charge in [-0.15, -0.1) is 0 Å². The Labute approximate surface area is 145 Å². The van der Waals surface area contributed by atoms with Gasteiger partial charge in [0.05, 0.1) is 0 Å². The van der Waals surface area contributed by atoms with Crippen molar-refractivity contribution in [3.63, 3.8) is 0 Å². The van der Waals surface area contributed by atoms with E-state index in [0.717, 1.165) is 16.3 Å². The average molecular weight is 338 g/mol. The first-order valence-electron chi connectivity index (χ1n) is 7.80. The minimum absolute atomic E-state index is 0.00592. The fraction of sp³-hybridized carbons (Fsp3) is 0.167. The molecule has 1 heterocycles. The zero-order valence-corrected chi connectivity index (χ0v) is 13.7. The van der Waals surface area contributed by atoms with Crippen LogP contribution in [0.25, 0.3) is 0 Å². The highest BCUT2D eigenvalue weighted by Gasteiger charge is 2.34. The summed E-state index contributed by atoms with van der Waals surface area (Å²) in [5.74, 6) is -0.786. The molecule has 0 aromatic heterocycles. The maximum atomic E-state index is 12.1. The number of likely N-dealkylation sites (N-methyl/N-ethyl adjacent to an activating group) is 1. The van der Waals surface area contributed by atoms with Crippen molar-refractivity contribution in [3.05, 3.63) is 54.6 Å². The summed E-state index contributed by atoms with van der Waals surface area (Å²) in [6.45, 7) is -0.280. The van der Waals surface area contributed by atoms with Gasteiger partial charge in [0, 0.05) is 24.1 Å². The number of carbonyl (C=O) groups excluding carboxylic acids is 3. The number of carbonyl (C=O) groups is 3. The first-order valence-corrected chi connectivity index (χ1v) is 7.80. The van der Waals surface area contributed by atoms with Crippen molar-refractivity contribution in [1.82, 2.24) is 9.80 Å². The quantitative estimate of drug-likeness (QED) is 0.820. The van der Waals surface area contributed by atoms with Crippen molar-refractivity contribution in [2.24, 2.45) is 0 Å². The van der Waals surface area contributed by atoms with Gasteiger partial charge in [-0.3, -0.25) is 14.5 Å².